The number of halogens is 1. The Bertz CT molecular complexity index is 685. The van der Waals surface area contributed by atoms with Crippen molar-refractivity contribution in [3.63, 3.8) is 0 Å². The van der Waals surface area contributed by atoms with Gasteiger partial charge >= 0.3 is 5.97 Å². The summed E-state index contributed by atoms with van der Waals surface area (Å²) in [7, 11) is 1.69. The van der Waals surface area contributed by atoms with Crippen LogP contribution in [0.3, 0.4) is 0 Å². The van der Waals surface area contributed by atoms with E-state index in [1.807, 2.05) is 24.3 Å². The highest BCUT2D eigenvalue weighted by molar-refractivity contribution is 9.10. The third kappa shape index (κ3) is 3.92. The van der Waals surface area contributed by atoms with E-state index in [-0.39, 0.29) is 11.5 Å². The van der Waals surface area contributed by atoms with E-state index in [4.69, 9.17) is 5.11 Å². The molecule has 108 valence electrons. The second kappa shape index (κ2) is 6.54. The largest absolute Gasteiger partial charge is 0.478 e. The van der Waals surface area contributed by atoms with Crippen molar-refractivity contribution in [1.29, 1.82) is 0 Å². The first-order valence-electron chi connectivity index (χ1n) is 6.30. The lowest BCUT2D eigenvalue weighted by atomic mass is 10.1. The number of aromatic carboxylic acids is 1. The molecule has 2 rings (SSSR count). The summed E-state index contributed by atoms with van der Waals surface area (Å²) < 4.78 is 0.953. The van der Waals surface area contributed by atoms with Gasteiger partial charge in [0.1, 0.15) is 0 Å². The smallest absolute Gasteiger partial charge is 0.335 e. The highest BCUT2D eigenvalue weighted by Crippen LogP contribution is 2.15. The second-order valence-corrected chi connectivity index (χ2v) is 5.59. The monoisotopic (exact) mass is 347 g/mol. The Kier molecular flexibility index (Phi) is 4.75. The van der Waals surface area contributed by atoms with E-state index in [0.29, 0.717) is 12.1 Å². The van der Waals surface area contributed by atoms with Crippen molar-refractivity contribution >= 4 is 27.8 Å². The van der Waals surface area contributed by atoms with Gasteiger partial charge in [-0.2, -0.15) is 0 Å². The topological polar surface area (TPSA) is 57.6 Å². The molecule has 0 bridgehead atoms. The number of carbonyl (C=O) groups is 2. The summed E-state index contributed by atoms with van der Waals surface area (Å²) in [5.74, 6) is -1.25. The van der Waals surface area contributed by atoms with Crippen LogP contribution in [-0.4, -0.2) is 28.9 Å². The molecule has 0 fully saturated rings. The number of carbonyl (C=O) groups excluding carboxylic acids is 1. The van der Waals surface area contributed by atoms with Crippen LogP contribution in [0.5, 0.6) is 0 Å². The van der Waals surface area contributed by atoms with E-state index in [2.05, 4.69) is 15.9 Å². The molecule has 0 radical (unpaired) electrons. The molecule has 4 nitrogen and oxygen atoms in total. The average molecular weight is 348 g/mol. The van der Waals surface area contributed by atoms with Gasteiger partial charge in [-0.05, 0) is 35.9 Å². The zero-order valence-electron chi connectivity index (χ0n) is 11.4. The molecule has 1 amide bonds. The number of hydrogen-bond acceptors (Lipinski definition) is 2. The van der Waals surface area contributed by atoms with Gasteiger partial charge in [-0.1, -0.05) is 34.1 Å². The highest BCUT2D eigenvalue weighted by atomic mass is 79.9. The third-order valence-electron chi connectivity index (χ3n) is 3.01. The number of carboxylic acids is 1. The van der Waals surface area contributed by atoms with Gasteiger partial charge in [0.2, 0.25) is 0 Å². The number of rotatable bonds is 4. The molecular weight excluding hydrogens is 334 g/mol. The van der Waals surface area contributed by atoms with Crippen LogP contribution in [0.1, 0.15) is 26.3 Å². The van der Waals surface area contributed by atoms with Crippen LogP contribution in [-0.2, 0) is 6.54 Å². The average Bonchev–Trinajstić information content (AvgIpc) is 2.46. The molecule has 0 saturated heterocycles. The van der Waals surface area contributed by atoms with E-state index in [9.17, 15) is 9.59 Å². The van der Waals surface area contributed by atoms with Crippen LogP contribution >= 0.6 is 15.9 Å². The van der Waals surface area contributed by atoms with Crippen LogP contribution in [0, 0.1) is 0 Å². The minimum Gasteiger partial charge on any atom is -0.478 e. The Labute approximate surface area is 131 Å². The maximum absolute atomic E-state index is 12.3. The molecule has 1 N–H and O–H groups in total. The number of amides is 1. The molecule has 0 aliphatic carbocycles. The van der Waals surface area contributed by atoms with E-state index in [1.54, 1.807) is 24.1 Å². The minimum atomic E-state index is -1.04. The molecule has 0 saturated carbocycles. The van der Waals surface area contributed by atoms with Crippen LogP contribution in [0.2, 0.25) is 0 Å². The summed E-state index contributed by atoms with van der Waals surface area (Å²) in [5.41, 5.74) is 1.47. The zero-order valence-corrected chi connectivity index (χ0v) is 13.0. The number of nitrogens with zero attached hydrogens (tertiary/aromatic N) is 1. The Morgan fingerprint density at radius 1 is 1.10 bits per heavy atom. The van der Waals surface area contributed by atoms with E-state index >= 15 is 0 Å². The van der Waals surface area contributed by atoms with Crippen molar-refractivity contribution in [2.24, 2.45) is 0 Å². The fraction of sp³-hybridized carbons (Fsp3) is 0.125. The number of hydrogen-bond donors (Lipinski definition) is 1. The lowest BCUT2D eigenvalue weighted by molar-refractivity contribution is 0.0697. The summed E-state index contributed by atoms with van der Waals surface area (Å²) in [6.07, 6.45) is 0. The van der Waals surface area contributed by atoms with Gasteiger partial charge in [0.15, 0.2) is 0 Å². The van der Waals surface area contributed by atoms with Crippen molar-refractivity contribution < 1.29 is 14.7 Å². The predicted octanol–water partition coefficient (Wildman–Crippen LogP) is 3.42. The first-order chi connectivity index (χ1) is 9.97. The quantitative estimate of drug-likeness (QED) is 0.921. The lowest BCUT2D eigenvalue weighted by Crippen LogP contribution is -2.26. The van der Waals surface area contributed by atoms with Crippen LogP contribution < -0.4 is 0 Å². The summed E-state index contributed by atoms with van der Waals surface area (Å²) in [4.78, 5) is 24.8. The SMILES string of the molecule is CN(Cc1cccc(Br)c1)C(=O)c1cccc(C(=O)O)c1. The summed E-state index contributed by atoms with van der Waals surface area (Å²) in [6, 6.07) is 13.7. The summed E-state index contributed by atoms with van der Waals surface area (Å²) in [5, 5.41) is 8.97. The highest BCUT2D eigenvalue weighted by Gasteiger charge is 2.14. The minimum absolute atomic E-state index is 0.108. The molecule has 2 aromatic rings. The summed E-state index contributed by atoms with van der Waals surface area (Å²) >= 11 is 3.39. The Morgan fingerprint density at radius 2 is 1.76 bits per heavy atom. The second-order valence-electron chi connectivity index (χ2n) is 4.68. The Balaban J connectivity index is 2.15. The van der Waals surface area contributed by atoms with Gasteiger partial charge in [0, 0.05) is 23.6 Å². The molecule has 0 aliphatic rings. The molecule has 0 aliphatic heterocycles. The fourth-order valence-corrected chi connectivity index (χ4v) is 2.43. The molecule has 5 heteroatoms. The molecule has 0 atom stereocenters. The van der Waals surface area contributed by atoms with E-state index in [0.717, 1.165) is 10.0 Å². The normalized spacial score (nSPS) is 10.2. The van der Waals surface area contributed by atoms with Crippen molar-refractivity contribution in [2.75, 3.05) is 7.05 Å². The zero-order chi connectivity index (χ0) is 15.4. The molecule has 0 unspecified atom stereocenters. The molecule has 0 aromatic heterocycles. The van der Waals surface area contributed by atoms with Crippen molar-refractivity contribution in [3.05, 3.63) is 69.7 Å². The Morgan fingerprint density at radius 3 is 2.43 bits per heavy atom. The van der Waals surface area contributed by atoms with Crippen LogP contribution in [0.15, 0.2) is 53.0 Å². The Hall–Kier alpha value is -2.14. The number of carboxylic acid groups (broad SMARTS) is 1. The van der Waals surface area contributed by atoms with Crippen molar-refractivity contribution in [2.45, 2.75) is 6.54 Å². The predicted molar refractivity (Wildman–Crippen MR) is 83.3 cm³/mol. The van der Waals surface area contributed by atoms with Gasteiger partial charge in [-0.15, -0.1) is 0 Å². The fourth-order valence-electron chi connectivity index (χ4n) is 1.99. The summed E-state index contributed by atoms with van der Waals surface area (Å²) in [6.45, 7) is 0.454. The van der Waals surface area contributed by atoms with Gasteiger partial charge in [-0.25, -0.2) is 4.79 Å². The van der Waals surface area contributed by atoms with E-state index in [1.165, 1.54) is 12.1 Å². The first kappa shape index (κ1) is 15.3. The first-order valence-corrected chi connectivity index (χ1v) is 7.10. The standard InChI is InChI=1S/C16H14BrNO3/c1-18(10-11-4-2-7-14(17)8-11)15(19)12-5-3-6-13(9-12)16(20)21/h2-9H,10H2,1H3,(H,20,21). The maximum atomic E-state index is 12.3. The molecule has 0 heterocycles. The van der Waals surface area contributed by atoms with Gasteiger partial charge in [0.05, 0.1) is 5.56 Å². The third-order valence-corrected chi connectivity index (χ3v) is 3.51. The maximum Gasteiger partial charge on any atom is 0.335 e. The van der Waals surface area contributed by atoms with Crippen LogP contribution in [0.25, 0.3) is 0 Å². The molecule has 21 heavy (non-hydrogen) atoms. The van der Waals surface area contributed by atoms with Gasteiger partial charge in [-0.3, -0.25) is 4.79 Å². The molecule has 2 aromatic carbocycles. The van der Waals surface area contributed by atoms with Crippen molar-refractivity contribution in [3.8, 4) is 0 Å². The van der Waals surface area contributed by atoms with Gasteiger partial charge in [0.25, 0.3) is 5.91 Å². The van der Waals surface area contributed by atoms with Crippen molar-refractivity contribution in [1.82, 2.24) is 4.90 Å². The number of benzene rings is 2. The van der Waals surface area contributed by atoms with Gasteiger partial charge < -0.3 is 10.0 Å². The molecular formula is C16H14BrNO3. The van der Waals surface area contributed by atoms with Crippen LogP contribution in [0.4, 0.5) is 0 Å². The lowest BCUT2D eigenvalue weighted by Gasteiger charge is -2.17. The molecule has 0 spiro atoms. The van der Waals surface area contributed by atoms with E-state index < -0.39 is 5.97 Å².